The SMILES string of the molecule is CNS(=O)(=O)Nc1nccc(Cn2cc(C(O)NC3CC3)c(Nc3ccc(I)cc3F)c(C)c2=O)c1F. The summed E-state index contributed by atoms with van der Waals surface area (Å²) >= 11 is 1.98. The zero-order valence-electron chi connectivity index (χ0n) is 19.8. The highest BCUT2D eigenvalue weighted by Crippen LogP contribution is 2.31. The van der Waals surface area contributed by atoms with Crippen molar-refractivity contribution in [2.24, 2.45) is 0 Å². The van der Waals surface area contributed by atoms with Crippen LogP contribution >= 0.6 is 22.6 Å². The van der Waals surface area contributed by atoms with Gasteiger partial charge in [-0.25, -0.2) is 18.5 Å². The maximum Gasteiger partial charge on any atom is 0.300 e. The Hall–Kier alpha value is -2.66. The number of aliphatic hydroxyl groups is 1. The Morgan fingerprint density at radius 3 is 2.65 bits per heavy atom. The molecule has 0 radical (unpaired) electrons. The quantitative estimate of drug-likeness (QED) is 0.169. The van der Waals surface area contributed by atoms with Gasteiger partial charge in [0.2, 0.25) is 0 Å². The number of aromatic nitrogens is 2. The molecular weight excluding hydrogens is 621 g/mol. The minimum Gasteiger partial charge on any atom is -0.374 e. The molecule has 1 aliphatic carbocycles. The second-order valence-electron chi connectivity index (χ2n) is 8.55. The Bertz CT molecular complexity index is 1500. The predicted molar refractivity (Wildman–Crippen MR) is 144 cm³/mol. The molecule has 14 heteroatoms. The molecule has 198 valence electrons. The fourth-order valence-corrected chi connectivity index (χ4v) is 4.60. The Morgan fingerprint density at radius 2 is 2.00 bits per heavy atom. The van der Waals surface area contributed by atoms with Gasteiger partial charge in [0.25, 0.3) is 15.8 Å². The van der Waals surface area contributed by atoms with Crippen molar-refractivity contribution in [3.05, 3.63) is 78.9 Å². The number of nitrogens with one attached hydrogen (secondary N) is 4. The zero-order valence-corrected chi connectivity index (χ0v) is 22.8. The van der Waals surface area contributed by atoms with Crippen LogP contribution in [0, 0.1) is 22.1 Å². The molecule has 1 saturated carbocycles. The van der Waals surface area contributed by atoms with Crippen LogP contribution in [0.1, 0.15) is 35.8 Å². The molecule has 1 unspecified atom stereocenters. The van der Waals surface area contributed by atoms with E-state index in [9.17, 15) is 22.7 Å². The summed E-state index contributed by atoms with van der Waals surface area (Å²) in [6.07, 6.45) is 3.17. The number of anilines is 3. The van der Waals surface area contributed by atoms with Gasteiger partial charge in [-0.05, 0) is 66.6 Å². The molecule has 2 aromatic heterocycles. The molecule has 1 fully saturated rings. The highest BCUT2D eigenvalue weighted by molar-refractivity contribution is 14.1. The average molecular weight is 646 g/mol. The van der Waals surface area contributed by atoms with Crippen LogP contribution < -0.4 is 25.6 Å². The van der Waals surface area contributed by atoms with Crippen molar-refractivity contribution in [3.63, 3.8) is 0 Å². The lowest BCUT2D eigenvalue weighted by Gasteiger charge is -2.22. The first kappa shape index (κ1) is 27.4. The summed E-state index contributed by atoms with van der Waals surface area (Å²) < 4.78 is 59.1. The third kappa shape index (κ3) is 6.43. The van der Waals surface area contributed by atoms with E-state index in [4.69, 9.17) is 0 Å². The molecule has 1 aliphatic rings. The molecular formula is C23H25F2IN6O4S. The van der Waals surface area contributed by atoms with Crippen LogP contribution in [0.3, 0.4) is 0 Å². The fourth-order valence-electron chi connectivity index (χ4n) is 3.65. The molecule has 3 aromatic rings. The molecule has 5 N–H and O–H groups in total. The van der Waals surface area contributed by atoms with E-state index in [0.717, 1.165) is 19.9 Å². The summed E-state index contributed by atoms with van der Waals surface area (Å²) in [5, 5.41) is 16.9. The number of hydrogen-bond donors (Lipinski definition) is 5. The predicted octanol–water partition coefficient (Wildman–Crippen LogP) is 2.85. The van der Waals surface area contributed by atoms with Gasteiger partial charge in [-0.3, -0.25) is 14.8 Å². The van der Waals surface area contributed by atoms with E-state index >= 15 is 4.39 Å². The first-order chi connectivity index (χ1) is 17.5. The maximum atomic E-state index is 15.1. The monoisotopic (exact) mass is 646 g/mol. The Kier molecular flexibility index (Phi) is 8.13. The molecule has 10 nitrogen and oxygen atoms in total. The van der Waals surface area contributed by atoms with E-state index in [1.54, 1.807) is 6.07 Å². The van der Waals surface area contributed by atoms with Crippen LogP contribution in [0.2, 0.25) is 0 Å². The van der Waals surface area contributed by atoms with Gasteiger partial charge in [-0.15, -0.1) is 0 Å². The number of benzene rings is 1. The van der Waals surface area contributed by atoms with Gasteiger partial charge >= 0.3 is 0 Å². The third-order valence-corrected chi connectivity index (χ3v) is 7.48. The average Bonchev–Trinajstić information content (AvgIpc) is 3.66. The highest BCUT2D eigenvalue weighted by atomic mass is 127. The minimum atomic E-state index is -4.02. The van der Waals surface area contributed by atoms with E-state index < -0.39 is 39.4 Å². The number of aliphatic hydroxyl groups excluding tert-OH is 1. The van der Waals surface area contributed by atoms with Crippen LogP contribution in [0.25, 0.3) is 0 Å². The van der Waals surface area contributed by atoms with Crippen molar-refractivity contribution in [2.45, 2.75) is 38.6 Å². The smallest absolute Gasteiger partial charge is 0.300 e. The van der Waals surface area contributed by atoms with E-state index in [-0.39, 0.29) is 40.7 Å². The lowest BCUT2D eigenvalue weighted by molar-refractivity contribution is 0.137. The van der Waals surface area contributed by atoms with E-state index in [2.05, 4.69) is 15.6 Å². The van der Waals surface area contributed by atoms with Crippen LogP contribution in [0.15, 0.2) is 41.5 Å². The van der Waals surface area contributed by atoms with Gasteiger partial charge in [0.1, 0.15) is 12.0 Å². The van der Waals surface area contributed by atoms with Crippen molar-refractivity contribution >= 4 is 50.0 Å². The minimum absolute atomic E-state index is 0.00900. The molecule has 1 aromatic carbocycles. The largest absolute Gasteiger partial charge is 0.374 e. The molecule has 0 amide bonds. The number of pyridine rings is 2. The Labute approximate surface area is 225 Å². The molecule has 1 atom stereocenters. The fraction of sp³-hybridized carbons (Fsp3) is 0.304. The summed E-state index contributed by atoms with van der Waals surface area (Å²) in [5.74, 6) is -2.01. The van der Waals surface area contributed by atoms with Crippen molar-refractivity contribution in [2.75, 3.05) is 17.1 Å². The van der Waals surface area contributed by atoms with Crippen LogP contribution in [-0.4, -0.2) is 36.2 Å². The molecule has 37 heavy (non-hydrogen) atoms. The van der Waals surface area contributed by atoms with Crippen LogP contribution in [0.4, 0.5) is 26.0 Å². The van der Waals surface area contributed by atoms with Crippen molar-refractivity contribution < 1.29 is 22.3 Å². The van der Waals surface area contributed by atoms with E-state index in [1.807, 2.05) is 32.0 Å². The molecule has 0 saturated heterocycles. The van der Waals surface area contributed by atoms with Gasteiger partial charge in [0.05, 0.1) is 17.9 Å². The number of rotatable bonds is 10. The summed E-state index contributed by atoms with van der Waals surface area (Å²) in [6, 6.07) is 6.00. The van der Waals surface area contributed by atoms with Gasteiger partial charge in [0.15, 0.2) is 11.6 Å². The zero-order chi connectivity index (χ0) is 26.9. The standard InChI is InChI=1S/C23H25F2IN6O4S/c1-12-20(30-18-6-3-14(26)9-17(18)24)16(22(33)29-15-4-5-15)11-32(23(12)34)10-13-7-8-28-21(19(13)25)31-37(35,36)27-2/h3,6-9,11,15,22,27,29-30,33H,4-5,10H2,1-2H3,(H,28,31). The maximum absolute atomic E-state index is 15.1. The van der Waals surface area contributed by atoms with Crippen molar-refractivity contribution in [1.82, 2.24) is 19.6 Å². The lowest BCUT2D eigenvalue weighted by atomic mass is 10.1. The molecule has 2 heterocycles. The second-order valence-corrected chi connectivity index (χ2v) is 11.4. The lowest BCUT2D eigenvalue weighted by Crippen LogP contribution is -2.30. The van der Waals surface area contributed by atoms with E-state index in [0.29, 0.717) is 3.57 Å². The van der Waals surface area contributed by atoms with Gasteiger partial charge < -0.3 is 15.0 Å². The molecule has 0 spiro atoms. The topological polar surface area (TPSA) is 137 Å². The van der Waals surface area contributed by atoms with Crippen molar-refractivity contribution in [3.8, 4) is 0 Å². The number of hydrogen-bond acceptors (Lipinski definition) is 7. The highest BCUT2D eigenvalue weighted by Gasteiger charge is 2.27. The first-order valence-corrected chi connectivity index (χ1v) is 13.8. The number of halogens is 3. The summed E-state index contributed by atoms with van der Waals surface area (Å²) in [6.45, 7) is 1.25. The van der Waals surface area contributed by atoms with Gasteiger partial charge in [-0.1, -0.05) is 0 Å². The summed E-state index contributed by atoms with van der Waals surface area (Å²) in [5.41, 5.74) is 0.293. The van der Waals surface area contributed by atoms with Crippen LogP contribution in [0.5, 0.6) is 0 Å². The van der Waals surface area contributed by atoms with Gasteiger partial charge in [-0.2, -0.15) is 8.42 Å². The molecule has 4 rings (SSSR count). The number of nitrogens with zero attached hydrogens (tertiary/aromatic N) is 2. The van der Waals surface area contributed by atoms with Gasteiger partial charge in [0, 0.05) is 45.7 Å². The summed E-state index contributed by atoms with van der Waals surface area (Å²) in [4.78, 5) is 17.0. The first-order valence-electron chi connectivity index (χ1n) is 11.2. The Balaban J connectivity index is 1.75. The summed E-state index contributed by atoms with van der Waals surface area (Å²) in [7, 11) is -2.86. The molecule has 0 bridgehead atoms. The normalized spacial score (nSPS) is 14.4. The third-order valence-electron chi connectivity index (χ3n) is 5.81. The van der Waals surface area contributed by atoms with Crippen molar-refractivity contribution in [1.29, 1.82) is 0 Å². The van der Waals surface area contributed by atoms with E-state index in [1.165, 1.54) is 42.1 Å². The molecule has 0 aliphatic heterocycles. The Morgan fingerprint density at radius 1 is 1.27 bits per heavy atom. The second kappa shape index (κ2) is 11.0. The van der Waals surface area contributed by atoms with Crippen LogP contribution in [-0.2, 0) is 16.8 Å².